The Balaban J connectivity index is 4.28. The van der Waals surface area contributed by atoms with E-state index in [0.717, 1.165) is 12.8 Å². The Hall–Kier alpha value is -0.570. The molecule has 2 atom stereocenters. The monoisotopic (exact) mass is 256 g/mol. The molecule has 0 aliphatic rings. The molecule has 3 heteroatoms. The predicted molar refractivity (Wildman–Crippen MR) is 78.3 cm³/mol. The van der Waals surface area contributed by atoms with Crippen LogP contribution in [-0.2, 0) is 4.79 Å². The maximum absolute atomic E-state index is 12.2. The number of hydrogen-bond donors (Lipinski definition) is 1. The maximum Gasteiger partial charge on any atom is 0.222 e. The van der Waals surface area contributed by atoms with Gasteiger partial charge in [-0.05, 0) is 44.1 Å². The van der Waals surface area contributed by atoms with Crippen molar-refractivity contribution < 1.29 is 4.79 Å². The molecule has 2 N–H and O–H groups in total. The Bertz CT molecular complexity index is 239. The van der Waals surface area contributed by atoms with Crippen LogP contribution in [0, 0.1) is 17.8 Å². The molecule has 0 aliphatic carbocycles. The molecule has 0 heterocycles. The SMILES string of the molecule is CC(C)CC(C)N(C)C(=O)C[C@@H](CN)CC(C)C. The zero-order valence-electron chi connectivity index (χ0n) is 13.1. The van der Waals surface area contributed by atoms with Crippen LogP contribution in [0.5, 0.6) is 0 Å². The summed E-state index contributed by atoms with van der Waals surface area (Å²) in [6.45, 7) is 11.5. The minimum atomic E-state index is 0.235. The third-order valence-corrected chi connectivity index (χ3v) is 3.47. The lowest BCUT2D eigenvalue weighted by atomic mass is 9.93. The second-order valence-corrected chi connectivity index (χ2v) is 6.42. The molecule has 0 fully saturated rings. The fourth-order valence-electron chi connectivity index (χ4n) is 2.41. The van der Waals surface area contributed by atoms with Crippen LogP contribution in [0.15, 0.2) is 0 Å². The summed E-state index contributed by atoms with van der Waals surface area (Å²) in [5.74, 6) is 1.78. The van der Waals surface area contributed by atoms with Gasteiger partial charge in [0.1, 0.15) is 0 Å². The number of hydrogen-bond acceptors (Lipinski definition) is 2. The van der Waals surface area contributed by atoms with E-state index in [1.165, 1.54) is 0 Å². The first-order valence-electron chi connectivity index (χ1n) is 7.23. The van der Waals surface area contributed by atoms with Crippen molar-refractivity contribution in [1.82, 2.24) is 4.90 Å². The first-order valence-corrected chi connectivity index (χ1v) is 7.23. The lowest BCUT2D eigenvalue weighted by Crippen LogP contribution is -2.37. The van der Waals surface area contributed by atoms with Crippen LogP contribution in [0.3, 0.4) is 0 Å². The van der Waals surface area contributed by atoms with Gasteiger partial charge in [0.15, 0.2) is 0 Å². The smallest absolute Gasteiger partial charge is 0.222 e. The van der Waals surface area contributed by atoms with Gasteiger partial charge in [-0.2, -0.15) is 0 Å². The minimum Gasteiger partial charge on any atom is -0.343 e. The Morgan fingerprint density at radius 3 is 1.94 bits per heavy atom. The fourth-order valence-corrected chi connectivity index (χ4v) is 2.41. The highest BCUT2D eigenvalue weighted by Gasteiger charge is 2.20. The number of nitrogens with zero attached hydrogens (tertiary/aromatic N) is 1. The Kier molecular flexibility index (Phi) is 8.25. The molecule has 0 aromatic heterocycles. The summed E-state index contributed by atoms with van der Waals surface area (Å²) in [6.07, 6.45) is 2.68. The number of rotatable bonds is 8. The van der Waals surface area contributed by atoms with E-state index >= 15 is 0 Å². The summed E-state index contributed by atoms with van der Waals surface area (Å²) in [5, 5.41) is 0. The van der Waals surface area contributed by atoms with Crippen LogP contribution < -0.4 is 5.73 Å². The molecule has 0 bridgehead atoms. The molecule has 0 radical (unpaired) electrons. The molecule has 1 unspecified atom stereocenters. The number of amides is 1. The van der Waals surface area contributed by atoms with Gasteiger partial charge in [0, 0.05) is 19.5 Å². The molecule has 0 saturated carbocycles. The lowest BCUT2D eigenvalue weighted by molar-refractivity contribution is -0.133. The topological polar surface area (TPSA) is 46.3 Å². The van der Waals surface area contributed by atoms with E-state index in [4.69, 9.17) is 5.73 Å². The Morgan fingerprint density at radius 1 is 1.06 bits per heavy atom. The van der Waals surface area contributed by atoms with Crippen LogP contribution in [0.2, 0.25) is 0 Å². The van der Waals surface area contributed by atoms with Crippen molar-refractivity contribution in [3.8, 4) is 0 Å². The van der Waals surface area contributed by atoms with Crippen molar-refractivity contribution in [2.45, 2.75) is 59.9 Å². The first kappa shape index (κ1) is 17.4. The molecular formula is C15H32N2O. The molecule has 0 aromatic carbocycles. The summed E-state index contributed by atoms with van der Waals surface area (Å²) in [5.41, 5.74) is 5.76. The molecule has 0 aromatic rings. The molecule has 108 valence electrons. The van der Waals surface area contributed by atoms with Crippen molar-refractivity contribution in [3.63, 3.8) is 0 Å². The zero-order chi connectivity index (χ0) is 14.3. The van der Waals surface area contributed by atoms with Crippen LogP contribution in [0.4, 0.5) is 0 Å². The van der Waals surface area contributed by atoms with Crippen molar-refractivity contribution in [2.24, 2.45) is 23.5 Å². The van der Waals surface area contributed by atoms with Crippen LogP contribution in [-0.4, -0.2) is 30.4 Å². The van der Waals surface area contributed by atoms with E-state index in [-0.39, 0.29) is 5.91 Å². The third-order valence-electron chi connectivity index (χ3n) is 3.47. The highest BCUT2D eigenvalue weighted by atomic mass is 16.2. The highest BCUT2D eigenvalue weighted by molar-refractivity contribution is 5.76. The van der Waals surface area contributed by atoms with E-state index in [1.54, 1.807) is 0 Å². The van der Waals surface area contributed by atoms with Crippen LogP contribution in [0.1, 0.15) is 53.9 Å². The van der Waals surface area contributed by atoms with Crippen LogP contribution >= 0.6 is 0 Å². The molecule has 0 saturated heterocycles. The van der Waals surface area contributed by atoms with Gasteiger partial charge < -0.3 is 10.6 Å². The number of nitrogens with two attached hydrogens (primary N) is 1. The lowest BCUT2D eigenvalue weighted by Gasteiger charge is -2.28. The Morgan fingerprint density at radius 2 is 1.56 bits per heavy atom. The van der Waals surface area contributed by atoms with E-state index in [9.17, 15) is 4.79 Å². The Labute approximate surface area is 113 Å². The van der Waals surface area contributed by atoms with E-state index < -0.39 is 0 Å². The normalized spacial score (nSPS) is 14.9. The average molecular weight is 256 g/mol. The molecule has 18 heavy (non-hydrogen) atoms. The summed E-state index contributed by atoms with van der Waals surface area (Å²) in [4.78, 5) is 14.1. The van der Waals surface area contributed by atoms with Crippen LogP contribution in [0.25, 0.3) is 0 Å². The van der Waals surface area contributed by atoms with E-state index in [2.05, 4.69) is 34.6 Å². The molecule has 0 rings (SSSR count). The van der Waals surface area contributed by atoms with Crippen molar-refractivity contribution >= 4 is 5.91 Å². The average Bonchev–Trinajstić information content (AvgIpc) is 2.25. The minimum absolute atomic E-state index is 0.235. The quantitative estimate of drug-likeness (QED) is 0.726. The second-order valence-electron chi connectivity index (χ2n) is 6.42. The summed E-state index contributed by atoms with van der Waals surface area (Å²) < 4.78 is 0. The van der Waals surface area contributed by atoms with Gasteiger partial charge in [0.25, 0.3) is 0 Å². The van der Waals surface area contributed by atoms with Gasteiger partial charge in [-0.15, -0.1) is 0 Å². The van der Waals surface area contributed by atoms with E-state index in [0.29, 0.717) is 36.8 Å². The summed E-state index contributed by atoms with van der Waals surface area (Å²) in [7, 11) is 1.92. The van der Waals surface area contributed by atoms with Gasteiger partial charge in [0.2, 0.25) is 5.91 Å². The van der Waals surface area contributed by atoms with Crippen molar-refractivity contribution in [3.05, 3.63) is 0 Å². The molecule has 3 nitrogen and oxygen atoms in total. The van der Waals surface area contributed by atoms with E-state index in [1.807, 2.05) is 11.9 Å². The zero-order valence-corrected chi connectivity index (χ0v) is 13.1. The first-order chi connectivity index (χ1) is 8.27. The summed E-state index contributed by atoms with van der Waals surface area (Å²) >= 11 is 0. The van der Waals surface area contributed by atoms with Gasteiger partial charge in [-0.3, -0.25) is 4.79 Å². The second kappa shape index (κ2) is 8.52. The maximum atomic E-state index is 12.2. The highest BCUT2D eigenvalue weighted by Crippen LogP contribution is 2.17. The molecule has 1 amide bonds. The predicted octanol–water partition coefficient (Wildman–Crippen LogP) is 2.89. The molecule has 0 spiro atoms. The van der Waals surface area contributed by atoms with Crippen molar-refractivity contribution in [2.75, 3.05) is 13.6 Å². The number of carbonyl (C=O) groups is 1. The third kappa shape index (κ3) is 7.00. The largest absolute Gasteiger partial charge is 0.343 e. The fraction of sp³-hybridized carbons (Fsp3) is 0.933. The van der Waals surface area contributed by atoms with Gasteiger partial charge in [0.05, 0.1) is 0 Å². The standard InChI is InChI=1S/C15H32N2O/c1-11(2)7-13(5)17(6)15(18)9-14(10-16)8-12(3)4/h11-14H,7-10,16H2,1-6H3/t13?,14-/m0/s1. The van der Waals surface area contributed by atoms with Gasteiger partial charge >= 0.3 is 0 Å². The van der Waals surface area contributed by atoms with Gasteiger partial charge in [-0.25, -0.2) is 0 Å². The molecule has 0 aliphatic heterocycles. The van der Waals surface area contributed by atoms with Gasteiger partial charge in [-0.1, -0.05) is 27.7 Å². The molecular weight excluding hydrogens is 224 g/mol. The van der Waals surface area contributed by atoms with Crippen molar-refractivity contribution in [1.29, 1.82) is 0 Å². The summed E-state index contributed by atoms with van der Waals surface area (Å²) in [6, 6.07) is 0.315. The number of carbonyl (C=O) groups excluding carboxylic acids is 1.